The summed E-state index contributed by atoms with van der Waals surface area (Å²) >= 11 is 13.9. The number of hydrogen-bond acceptors (Lipinski definition) is 5. The van der Waals surface area contributed by atoms with Crippen LogP contribution in [0.4, 0.5) is 0 Å². The Morgan fingerprint density at radius 1 is 1.03 bits per heavy atom. The standard InChI is InChI=1S/C28H29Cl2N3O3S/c1-18-16-31(12-13-33(18)28(35)20-5-8-23(29)24(30)15-20)26(34)17-32-11-9-25-22(10-14-37-25)27(32)19-3-6-21(36-2)7-4-19/h3-8,10,14-15,18,27H,9,11-13,16-17H2,1-2H3/t18-,27+/m0/s1. The van der Waals surface area contributed by atoms with E-state index in [-0.39, 0.29) is 23.9 Å². The highest BCUT2D eigenvalue weighted by Gasteiger charge is 2.34. The zero-order valence-corrected chi connectivity index (χ0v) is 23.2. The van der Waals surface area contributed by atoms with Crippen molar-refractivity contribution >= 4 is 46.4 Å². The second kappa shape index (κ2) is 11.0. The summed E-state index contributed by atoms with van der Waals surface area (Å²) in [5, 5.41) is 2.91. The topological polar surface area (TPSA) is 53.1 Å². The van der Waals surface area contributed by atoms with E-state index in [4.69, 9.17) is 27.9 Å². The highest BCUT2D eigenvalue weighted by molar-refractivity contribution is 7.10. The van der Waals surface area contributed by atoms with Crippen LogP contribution in [-0.4, -0.2) is 72.4 Å². The van der Waals surface area contributed by atoms with Crippen molar-refractivity contribution in [3.8, 4) is 5.75 Å². The third-order valence-electron chi connectivity index (χ3n) is 7.24. The maximum atomic E-state index is 13.5. The van der Waals surface area contributed by atoms with Crippen LogP contribution in [0.1, 0.15) is 39.3 Å². The predicted octanol–water partition coefficient (Wildman–Crippen LogP) is 5.38. The van der Waals surface area contributed by atoms with Gasteiger partial charge in [-0.15, -0.1) is 11.3 Å². The number of hydrogen-bond donors (Lipinski definition) is 0. The molecule has 2 atom stereocenters. The number of halogens is 2. The molecule has 3 aromatic rings. The lowest BCUT2D eigenvalue weighted by Gasteiger charge is -2.42. The fourth-order valence-electron chi connectivity index (χ4n) is 5.27. The fraction of sp³-hybridized carbons (Fsp3) is 0.357. The van der Waals surface area contributed by atoms with Crippen LogP contribution in [0.3, 0.4) is 0 Å². The van der Waals surface area contributed by atoms with E-state index in [1.54, 1.807) is 36.6 Å². The molecule has 194 valence electrons. The van der Waals surface area contributed by atoms with Crippen molar-refractivity contribution in [2.45, 2.75) is 25.4 Å². The Morgan fingerprint density at radius 3 is 2.51 bits per heavy atom. The van der Waals surface area contributed by atoms with Gasteiger partial charge in [0.1, 0.15) is 5.75 Å². The molecule has 0 aliphatic carbocycles. The highest BCUT2D eigenvalue weighted by atomic mass is 35.5. The molecule has 2 aliphatic rings. The Morgan fingerprint density at radius 2 is 1.81 bits per heavy atom. The Kier molecular flexibility index (Phi) is 7.77. The van der Waals surface area contributed by atoms with E-state index in [2.05, 4.69) is 28.5 Å². The van der Waals surface area contributed by atoms with E-state index >= 15 is 0 Å². The number of carbonyl (C=O) groups is 2. The lowest BCUT2D eigenvalue weighted by molar-refractivity contribution is -0.135. The number of ether oxygens (including phenoxy) is 1. The number of rotatable bonds is 5. The van der Waals surface area contributed by atoms with Crippen LogP contribution in [0, 0.1) is 0 Å². The Bertz CT molecular complexity index is 1300. The molecule has 0 unspecified atom stereocenters. The van der Waals surface area contributed by atoms with Gasteiger partial charge in [-0.1, -0.05) is 35.3 Å². The molecule has 0 radical (unpaired) electrons. The average Bonchev–Trinajstić information content (AvgIpc) is 3.39. The van der Waals surface area contributed by atoms with Crippen LogP contribution in [0.2, 0.25) is 10.0 Å². The largest absolute Gasteiger partial charge is 0.497 e. The molecule has 1 aromatic heterocycles. The summed E-state index contributed by atoms with van der Waals surface area (Å²) in [6, 6.07) is 15.1. The van der Waals surface area contributed by atoms with E-state index < -0.39 is 0 Å². The van der Waals surface area contributed by atoms with Gasteiger partial charge < -0.3 is 14.5 Å². The molecule has 37 heavy (non-hydrogen) atoms. The number of methoxy groups -OCH3 is 1. The second-order valence-corrected chi connectivity index (χ2v) is 11.3. The molecular formula is C28H29Cl2N3O3S. The maximum Gasteiger partial charge on any atom is 0.254 e. The lowest BCUT2D eigenvalue weighted by atomic mass is 9.93. The van der Waals surface area contributed by atoms with Crippen LogP contribution >= 0.6 is 34.5 Å². The molecule has 6 nitrogen and oxygen atoms in total. The number of amides is 2. The highest BCUT2D eigenvalue weighted by Crippen LogP contribution is 2.38. The summed E-state index contributed by atoms with van der Waals surface area (Å²) in [6.07, 6.45) is 0.940. The van der Waals surface area contributed by atoms with Gasteiger partial charge in [-0.2, -0.15) is 0 Å². The van der Waals surface area contributed by atoms with Crippen LogP contribution in [0.5, 0.6) is 5.75 Å². The van der Waals surface area contributed by atoms with Crippen LogP contribution in [0.15, 0.2) is 53.9 Å². The monoisotopic (exact) mass is 557 g/mol. The number of carbonyl (C=O) groups excluding carboxylic acids is 2. The predicted molar refractivity (Wildman–Crippen MR) is 148 cm³/mol. The Balaban J connectivity index is 1.27. The summed E-state index contributed by atoms with van der Waals surface area (Å²) in [7, 11) is 1.66. The molecule has 1 fully saturated rings. The third kappa shape index (κ3) is 5.36. The van der Waals surface area contributed by atoms with Crippen molar-refractivity contribution in [3.05, 3.63) is 85.5 Å². The van der Waals surface area contributed by atoms with E-state index in [9.17, 15) is 9.59 Å². The van der Waals surface area contributed by atoms with Gasteiger partial charge in [0.05, 0.1) is 29.7 Å². The van der Waals surface area contributed by atoms with Crippen molar-refractivity contribution in [2.24, 2.45) is 0 Å². The molecule has 0 N–H and O–H groups in total. The summed E-state index contributed by atoms with van der Waals surface area (Å²) < 4.78 is 5.34. The zero-order valence-electron chi connectivity index (χ0n) is 20.8. The molecule has 1 saturated heterocycles. The van der Waals surface area contributed by atoms with Crippen molar-refractivity contribution in [3.63, 3.8) is 0 Å². The van der Waals surface area contributed by atoms with Gasteiger partial charge >= 0.3 is 0 Å². The molecule has 0 saturated carbocycles. The minimum absolute atomic E-state index is 0.0276. The van der Waals surface area contributed by atoms with Crippen molar-refractivity contribution in [1.29, 1.82) is 0 Å². The first kappa shape index (κ1) is 26.0. The van der Waals surface area contributed by atoms with E-state index in [1.807, 2.05) is 28.9 Å². The quantitative estimate of drug-likeness (QED) is 0.422. The third-order valence-corrected chi connectivity index (χ3v) is 8.98. The van der Waals surface area contributed by atoms with Crippen LogP contribution < -0.4 is 4.74 Å². The SMILES string of the molecule is COc1ccc([C@@H]2c3ccsc3CCN2CC(=O)N2CCN(C(=O)c3ccc(Cl)c(Cl)c3)[C@@H](C)C2)cc1. The van der Waals surface area contributed by atoms with E-state index in [1.165, 1.54) is 10.4 Å². The van der Waals surface area contributed by atoms with Gasteiger partial charge in [0.15, 0.2) is 0 Å². The van der Waals surface area contributed by atoms with Gasteiger partial charge in [0, 0.05) is 42.7 Å². The number of fused-ring (bicyclic) bond motifs is 1. The van der Waals surface area contributed by atoms with E-state index in [0.29, 0.717) is 41.8 Å². The summed E-state index contributed by atoms with van der Waals surface area (Å²) in [6.45, 7) is 4.61. The van der Waals surface area contributed by atoms with Gasteiger partial charge in [-0.25, -0.2) is 0 Å². The number of benzene rings is 2. The van der Waals surface area contributed by atoms with Gasteiger partial charge in [0.2, 0.25) is 5.91 Å². The second-order valence-electron chi connectivity index (χ2n) is 9.51. The first-order valence-corrected chi connectivity index (χ1v) is 14.0. The number of thiophene rings is 1. The molecule has 0 bridgehead atoms. The first-order valence-electron chi connectivity index (χ1n) is 12.3. The molecule has 5 rings (SSSR count). The Labute approximate surface area is 231 Å². The summed E-state index contributed by atoms with van der Waals surface area (Å²) in [5.74, 6) is 0.805. The van der Waals surface area contributed by atoms with Gasteiger partial charge in [-0.05, 0) is 66.2 Å². The Hall–Kier alpha value is -2.58. The molecule has 3 heterocycles. The minimum atomic E-state index is -0.109. The first-order chi connectivity index (χ1) is 17.9. The minimum Gasteiger partial charge on any atom is -0.497 e. The summed E-state index contributed by atoms with van der Waals surface area (Å²) in [5.41, 5.74) is 2.93. The molecular weight excluding hydrogens is 529 g/mol. The normalized spacial score (nSPS) is 20.0. The molecule has 2 amide bonds. The van der Waals surface area contributed by atoms with Gasteiger partial charge in [0.25, 0.3) is 5.91 Å². The van der Waals surface area contributed by atoms with Gasteiger partial charge in [-0.3, -0.25) is 14.5 Å². The van der Waals surface area contributed by atoms with Crippen molar-refractivity contribution in [1.82, 2.24) is 14.7 Å². The smallest absolute Gasteiger partial charge is 0.254 e. The number of nitrogens with zero attached hydrogens (tertiary/aromatic N) is 3. The number of piperazine rings is 1. The van der Waals surface area contributed by atoms with E-state index in [0.717, 1.165) is 24.3 Å². The summed E-state index contributed by atoms with van der Waals surface area (Å²) in [4.78, 5) is 34.0. The van der Waals surface area contributed by atoms with Crippen molar-refractivity contribution in [2.75, 3.05) is 39.8 Å². The molecule has 2 aliphatic heterocycles. The van der Waals surface area contributed by atoms with Crippen LogP contribution in [0.25, 0.3) is 0 Å². The lowest BCUT2D eigenvalue weighted by Crippen LogP contribution is -2.57. The fourth-order valence-corrected chi connectivity index (χ4v) is 6.47. The molecule has 0 spiro atoms. The van der Waals surface area contributed by atoms with Crippen LogP contribution in [-0.2, 0) is 11.2 Å². The molecule has 9 heteroatoms. The average molecular weight is 559 g/mol. The maximum absolute atomic E-state index is 13.5. The zero-order chi connectivity index (χ0) is 26.1. The molecule has 2 aromatic carbocycles. The van der Waals surface area contributed by atoms with Crippen molar-refractivity contribution < 1.29 is 14.3 Å².